The summed E-state index contributed by atoms with van der Waals surface area (Å²) in [6.45, 7) is 4.11. The summed E-state index contributed by atoms with van der Waals surface area (Å²) in [6, 6.07) is 8.33. The van der Waals surface area contributed by atoms with Gasteiger partial charge in [-0.1, -0.05) is 6.07 Å². The number of aryl methyl sites for hydroxylation is 1. The second-order valence-corrected chi connectivity index (χ2v) is 4.26. The van der Waals surface area contributed by atoms with Crippen molar-refractivity contribution in [2.75, 3.05) is 11.9 Å². The van der Waals surface area contributed by atoms with E-state index in [2.05, 4.69) is 10.3 Å². The van der Waals surface area contributed by atoms with E-state index in [1.54, 1.807) is 30.5 Å². The molecule has 5 nitrogen and oxygen atoms in total. The van der Waals surface area contributed by atoms with E-state index in [9.17, 15) is 9.90 Å². The highest BCUT2D eigenvalue weighted by Gasteiger charge is 2.14. The largest absolute Gasteiger partial charge is 0.506 e. The fraction of sp³-hybridized carbons (Fsp3) is 0.200. The lowest BCUT2D eigenvalue weighted by Gasteiger charge is -2.10. The van der Waals surface area contributed by atoms with E-state index in [-0.39, 0.29) is 17.5 Å². The number of amides is 1. The average Bonchev–Trinajstić information content (AvgIpc) is 2.43. The summed E-state index contributed by atoms with van der Waals surface area (Å²) >= 11 is 0. The number of pyridine rings is 1. The predicted molar refractivity (Wildman–Crippen MR) is 76.2 cm³/mol. The van der Waals surface area contributed by atoms with Crippen molar-refractivity contribution >= 4 is 11.6 Å². The SMILES string of the molecule is CCOc1ncccc1C(=O)Nc1ccc(C)cc1O. The Kier molecular flexibility index (Phi) is 4.20. The number of benzene rings is 1. The molecule has 0 radical (unpaired) electrons. The van der Waals surface area contributed by atoms with Gasteiger partial charge in [0.1, 0.15) is 11.3 Å². The minimum absolute atomic E-state index is 0.0280. The number of nitrogens with one attached hydrogen (secondary N) is 1. The molecule has 0 aliphatic heterocycles. The number of aromatic hydroxyl groups is 1. The van der Waals surface area contributed by atoms with E-state index in [0.29, 0.717) is 17.9 Å². The molecule has 2 N–H and O–H groups in total. The van der Waals surface area contributed by atoms with Gasteiger partial charge in [-0.3, -0.25) is 4.79 Å². The summed E-state index contributed by atoms with van der Waals surface area (Å²) in [5, 5.41) is 12.4. The monoisotopic (exact) mass is 272 g/mol. The Labute approximate surface area is 117 Å². The lowest BCUT2D eigenvalue weighted by molar-refractivity contribution is 0.102. The molecular formula is C15H16N2O3. The minimum atomic E-state index is -0.374. The molecule has 5 heteroatoms. The molecule has 0 saturated heterocycles. The van der Waals surface area contributed by atoms with Crippen molar-refractivity contribution in [3.63, 3.8) is 0 Å². The average molecular weight is 272 g/mol. The maximum absolute atomic E-state index is 12.2. The molecule has 0 saturated carbocycles. The highest BCUT2D eigenvalue weighted by Crippen LogP contribution is 2.25. The van der Waals surface area contributed by atoms with E-state index in [0.717, 1.165) is 5.56 Å². The van der Waals surface area contributed by atoms with Gasteiger partial charge in [0.2, 0.25) is 5.88 Å². The molecule has 0 aliphatic rings. The van der Waals surface area contributed by atoms with Gasteiger partial charge in [-0.05, 0) is 43.7 Å². The van der Waals surface area contributed by atoms with Crippen LogP contribution in [0, 0.1) is 6.92 Å². The van der Waals surface area contributed by atoms with Gasteiger partial charge in [0, 0.05) is 6.20 Å². The lowest BCUT2D eigenvalue weighted by atomic mass is 10.2. The summed E-state index contributed by atoms with van der Waals surface area (Å²) in [5.41, 5.74) is 1.60. The van der Waals surface area contributed by atoms with Gasteiger partial charge in [-0.15, -0.1) is 0 Å². The molecule has 1 aromatic heterocycles. The Morgan fingerprint density at radius 1 is 1.40 bits per heavy atom. The number of anilines is 1. The van der Waals surface area contributed by atoms with Gasteiger partial charge in [0.05, 0.1) is 12.3 Å². The van der Waals surface area contributed by atoms with Crippen LogP contribution in [0.4, 0.5) is 5.69 Å². The zero-order valence-electron chi connectivity index (χ0n) is 11.4. The van der Waals surface area contributed by atoms with Crippen molar-refractivity contribution in [3.05, 3.63) is 47.7 Å². The molecule has 0 aliphatic carbocycles. The number of carbonyl (C=O) groups excluding carboxylic acids is 1. The van der Waals surface area contributed by atoms with Crippen molar-refractivity contribution in [3.8, 4) is 11.6 Å². The van der Waals surface area contributed by atoms with E-state index < -0.39 is 0 Å². The molecule has 20 heavy (non-hydrogen) atoms. The summed E-state index contributed by atoms with van der Waals surface area (Å²) < 4.78 is 5.31. The molecule has 1 amide bonds. The quantitative estimate of drug-likeness (QED) is 0.839. The highest BCUT2D eigenvalue weighted by molar-refractivity contribution is 6.06. The fourth-order valence-electron chi connectivity index (χ4n) is 1.75. The Balaban J connectivity index is 2.24. The van der Waals surface area contributed by atoms with Crippen molar-refractivity contribution in [2.24, 2.45) is 0 Å². The number of hydrogen-bond donors (Lipinski definition) is 2. The number of hydrogen-bond acceptors (Lipinski definition) is 4. The Bertz CT molecular complexity index is 626. The van der Waals surface area contributed by atoms with Crippen LogP contribution in [0.3, 0.4) is 0 Å². The maximum Gasteiger partial charge on any atom is 0.261 e. The number of phenolic OH excluding ortho intramolecular Hbond substituents is 1. The molecule has 2 rings (SSSR count). The van der Waals surface area contributed by atoms with Gasteiger partial charge in [0.15, 0.2) is 0 Å². The molecule has 0 spiro atoms. The van der Waals surface area contributed by atoms with E-state index >= 15 is 0 Å². The Morgan fingerprint density at radius 2 is 2.20 bits per heavy atom. The third kappa shape index (κ3) is 3.06. The fourth-order valence-corrected chi connectivity index (χ4v) is 1.75. The third-order valence-electron chi connectivity index (χ3n) is 2.70. The van der Waals surface area contributed by atoms with Crippen LogP contribution in [0.25, 0.3) is 0 Å². The van der Waals surface area contributed by atoms with E-state index in [4.69, 9.17) is 4.74 Å². The lowest BCUT2D eigenvalue weighted by Crippen LogP contribution is -2.14. The molecule has 0 unspecified atom stereocenters. The third-order valence-corrected chi connectivity index (χ3v) is 2.70. The normalized spacial score (nSPS) is 10.1. The van der Waals surface area contributed by atoms with E-state index in [1.165, 1.54) is 0 Å². The van der Waals surface area contributed by atoms with Crippen LogP contribution < -0.4 is 10.1 Å². The summed E-state index contributed by atoms with van der Waals surface area (Å²) in [4.78, 5) is 16.2. The van der Waals surface area contributed by atoms with Gasteiger partial charge in [-0.25, -0.2) is 4.98 Å². The number of phenols is 1. The smallest absolute Gasteiger partial charge is 0.261 e. The van der Waals surface area contributed by atoms with Crippen molar-refractivity contribution < 1.29 is 14.6 Å². The number of rotatable bonds is 4. The van der Waals surface area contributed by atoms with Crippen LogP contribution in [0.2, 0.25) is 0 Å². The van der Waals surface area contributed by atoms with Crippen LogP contribution in [0.5, 0.6) is 11.6 Å². The number of nitrogens with zero attached hydrogens (tertiary/aromatic N) is 1. The number of aromatic nitrogens is 1. The van der Waals surface area contributed by atoms with Gasteiger partial charge in [0.25, 0.3) is 5.91 Å². The molecule has 1 aromatic carbocycles. The Morgan fingerprint density at radius 3 is 2.90 bits per heavy atom. The first-order valence-electron chi connectivity index (χ1n) is 6.30. The first-order chi connectivity index (χ1) is 9.61. The van der Waals surface area contributed by atoms with Crippen molar-refractivity contribution in [1.82, 2.24) is 4.98 Å². The highest BCUT2D eigenvalue weighted by atomic mass is 16.5. The second kappa shape index (κ2) is 6.06. The summed E-state index contributed by atoms with van der Waals surface area (Å²) in [7, 11) is 0. The molecule has 0 fully saturated rings. The zero-order chi connectivity index (χ0) is 14.5. The second-order valence-electron chi connectivity index (χ2n) is 4.26. The number of ether oxygens (including phenoxy) is 1. The van der Waals surface area contributed by atoms with Crippen LogP contribution >= 0.6 is 0 Å². The summed E-state index contributed by atoms with van der Waals surface area (Å²) in [6.07, 6.45) is 1.56. The molecule has 0 atom stereocenters. The molecule has 2 aromatic rings. The topological polar surface area (TPSA) is 71.5 Å². The van der Waals surface area contributed by atoms with Gasteiger partial charge < -0.3 is 15.2 Å². The molecule has 0 bridgehead atoms. The van der Waals surface area contributed by atoms with Crippen LogP contribution in [0.1, 0.15) is 22.8 Å². The van der Waals surface area contributed by atoms with Crippen LogP contribution in [-0.4, -0.2) is 22.6 Å². The maximum atomic E-state index is 12.2. The van der Waals surface area contributed by atoms with Gasteiger partial charge in [-0.2, -0.15) is 0 Å². The minimum Gasteiger partial charge on any atom is -0.506 e. The summed E-state index contributed by atoms with van der Waals surface area (Å²) in [5.74, 6) is -0.0694. The first kappa shape index (κ1) is 13.9. The van der Waals surface area contributed by atoms with Crippen LogP contribution in [-0.2, 0) is 0 Å². The first-order valence-corrected chi connectivity index (χ1v) is 6.30. The predicted octanol–water partition coefficient (Wildman–Crippen LogP) is 2.75. The van der Waals surface area contributed by atoms with Gasteiger partial charge >= 0.3 is 0 Å². The molecule has 1 heterocycles. The molecular weight excluding hydrogens is 256 g/mol. The number of carbonyl (C=O) groups is 1. The van der Waals surface area contributed by atoms with Crippen molar-refractivity contribution in [1.29, 1.82) is 0 Å². The Hall–Kier alpha value is -2.56. The molecule has 104 valence electrons. The zero-order valence-corrected chi connectivity index (χ0v) is 11.4. The van der Waals surface area contributed by atoms with Crippen LogP contribution in [0.15, 0.2) is 36.5 Å². The standard InChI is InChI=1S/C15H16N2O3/c1-3-20-15-11(5-4-8-16-15)14(19)17-12-7-6-10(2)9-13(12)18/h4-9,18H,3H2,1-2H3,(H,17,19). The van der Waals surface area contributed by atoms with Crippen molar-refractivity contribution in [2.45, 2.75) is 13.8 Å². The van der Waals surface area contributed by atoms with E-state index in [1.807, 2.05) is 19.9 Å².